The van der Waals surface area contributed by atoms with Crippen LogP contribution in [0.2, 0.25) is 0 Å². The van der Waals surface area contributed by atoms with Crippen LogP contribution in [0.4, 0.5) is 5.69 Å². The van der Waals surface area contributed by atoms with Crippen LogP contribution in [0, 0.1) is 0 Å². The molecule has 2 aromatic rings. The summed E-state index contributed by atoms with van der Waals surface area (Å²) in [4.78, 5) is 0. The molecular formula is C10H12N2. The molecule has 2 heterocycles. The Balaban J connectivity index is 2.67. The number of nitrogen functional groups attached to an aromatic ring is 1. The number of nitrogens with two attached hydrogens (primary N) is 1. The van der Waals surface area contributed by atoms with Crippen molar-refractivity contribution < 1.29 is 0 Å². The molecule has 0 aliphatic heterocycles. The lowest BCUT2D eigenvalue weighted by Gasteiger charge is -1.94. The monoisotopic (exact) mass is 160 g/mol. The van der Waals surface area contributed by atoms with Gasteiger partial charge in [-0.3, -0.25) is 0 Å². The van der Waals surface area contributed by atoms with Crippen LogP contribution in [0.15, 0.2) is 30.6 Å². The largest absolute Gasteiger partial charge is 0.398 e. The van der Waals surface area contributed by atoms with E-state index in [1.807, 2.05) is 18.3 Å². The molecule has 2 N–H and O–H groups in total. The number of pyridine rings is 1. The third kappa shape index (κ3) is 1.05. The molecule has 0 radical (unpaired) electrons. The van der Waals surface area contributed by atoms with Gasteiger partial charge in [0.1, 0.15) is 0 Å². The quantitative estimate of drug-likeness (QED) is 0.680. The van der Waals surface area contributed by atoms with Gasteiger partial charge in [-0.1, -0.05) is 6.92 Å². The van der Waals surface area contributed by atoms with E-state index in [1.165, 1.54) is 11.1 Å². The van der Waals surface area contributed by atoms with E-state index in [4.69, 9.17) is 5.73 Å². The van der Waals surface area contributed by atoms with Gasteiger partial charge in [0, 0.05) is 23.6 Å². The number of hydrogen-bond acceptors (Lipinski definition) is 1. The fourth-order valence-electron chi connectivity index (χ4n) is 1.38. The Morgan fingerprint density at radius 3 is 2.92 bits per heavy atom. The van der Waals surface area contributed by atoms with Crippen LogP contribution in [0.25, 0.3) is 5.52 Å². The lowest BCUT2D eigenvalue weighted by atomic mass is 10.2. The molecule has 0 aromatic carbocycles. The zero-order chi connectivity index (χ0) is 8.55. The van der Waals surface area contributed by atoms with E-state index >= 15 is 0 Å². The molecule has 0 spiro atoms. The fourth-order valence-corrected chi connectivity index (χ4v) is 1.38. The molecule has 2 aromatic heterocycles. The molecule has 0 bridgehead atoms. The van der Waals surface area contributed by atoms with Crippen LogP contribution in [0.3, 0.4) is 0 Å². The van der Waals surface area contributed by atoms with E-state index in [0.717, 1.165) is 12.1 Å². The van der Waals surface area contributed by atoms with Gasteiger partial charge in [0.25, 0.3) is 0 Å². The van der Waals surface area contributed by atoms with Crippen molar-refractivity contribution in [1.82, 2.24) is 4.40 Å². The van der Waals surface area contributed by atoms with E-state index in [-0.39, 0.29) is 0 Å². The Hall–Kier alpha value is -1.44. The SMILES string of the molecule is CCc1cc2ccc(N)cn2c1. The van der Waals surface area contributed by atoms with Crippen LogP contribution in [0.1, 0.15) is 12.5 Å². The lowest BCUT2D eigenvalue weighted by Crippen LogP contribution is -1.87. The number of aromatic nitrogens is 1. The zero-order valence-corrected chi connectivity index (χ0v) is 7.12. The molecule has 62 valence electrons. The van der Waals surface area contributed by atoms with Crippen LogP contribution >= 0.6 is 0 Å². The molecule has 12 heavy (non-hydrogen) atoms. The van der Waals surface area contributed by atoms with Crippen molar-refractivity contribution in [2.45, 2.75) is 13.3 Å². The second-order valence-corrected chi connectivity index (χ2v) is 3.00. The maximum Gasteiger partial charge on any atom is 0.0483 e. The summed E-state index contributed by atoms with van der Waals surface area (Å²) in [6, 6.07) is 6.14. The number of aryl methyl sites for hydroxylation is 1. The first-order valence-electron chi connectivity index (χ1n) is 4.15. The molecule has 0 aliphatic carbocycles. The molecule has 0 amide bonds. The molecule has 2 rings (SSSR count). The molecule has 0 fully saturated rings. The highest BCUT2D eigenvalue weighted by Crippen LogP contribution is 2.12. The predicted octanol–water partition coefficient (Wildman–Crippen LogP) is 2.08. The van der Waals surface area contributed by atoms with Crippen LogP contribution in [-0.4, -0.2) is 4.40 Å². The van der Waals surface area contributed by atoms with Gasteiger partial charge < -0.3 is 10.1 Å². The average molecular weight is 160 g/mol. The minimum atomic E-state index is 0.806. The topological polar surface area (TPSA) is 30.4 Å². The fraction of sp³-hybridized carbons (Fsp3) is 0.200. The zero-order valence-electron chi connectivity index (χ0n) is 7.12. The predicted molar refractivity (Wildman–Crippen MR) is 51.2 cm³/mol. The van der Waals surface area contributed by atoms with Gasteiger partial charge in [0.2, 0.25) is 0 Å². The van der Waals surface area contributed by atoms with Gasteiger partial charge in [0.05, 0.1) is 0 Å². The van der Waals surface area contributed by atoms with E-state index < -0.39 is 0 Å². The number of nitrogens with zero attached hydrogens (tertiary/aromatic N) is 1. The van der Waals surface area contributed by atoms with Crippen molar-refractivity contribution in [3.05, 3.63) is 36.2 Å². The maximum atomic E-state index is 5.65. The molecule has 2 heteroatoms. The number of anilines is 1. The number of hydrogen-bond donors (Lipinski definition) is 1. The van der Waals surface area contributed by atoms with Crippen molar-refractivity contribution in [2.24, 2.45) is 0 Å². The Morgan fingerprint density at radius 1 is 1.33 bits per heavy atom. The van der Waals surface area contributed by atoms with Gasteiger partial charge in [-0.15, -0.1) is 0 Å². The standard InChI is InChI=1S/C10H12N2/c1-2-8-5-10-4-3-9(11)7-12(10)6-8/h3-7H,2,11H2,1H3. The van der Waals surface area contributed by atoms with E-state index in [9.17, 15) is 0 Å². The lowest BCUT2D eigenvalue weighted by molar-refractivity contribution is 1.11. The third-order valence-electron chi connectivity index (χ3n) is 2.08. The number of fused-ring (bicyclic) bond motifs is 1. The van der Waals surface area contributed by atoms with Gasteiger partial charge in [-0.25, -0.2) is 0 Å². The van der Waals surface area contributed by atoms with Crippen molar-refractivity contribution in [3.63, 3.8) is 0 Å². The summed E-state index contributed by atoms with van der Waals surface area (Å²) in [5.41, 5.74) is 9.02. The third-order valence-corrected chi connectivity index (χ3v) is 2.08. The maximum absolute atomic E-state index is 5.65. The van der Waals surface area contributed by atoms with Gasteiger partial charge in [0.15, 0.2) is 0 Å². The first kappa shape index (κ1) is 7.22. The minimum absolute atomic E-state index is 0.806. The molecular weight excluding hydrogens is 148 g/mol. The summed E-state index contributed by atoms with van der Waals surface area (Å²) < 4.78 is 2.06. The molecule has 0 saturated carbocycles. The molecule has 0 unspecified atom stereocenters. The first-order valence-corrected chi connectivity index (χ1v) is 4.15. The summed E-state index contributed by atoms with van der Waals surface area (Å²) in [7, 11) is 0. The van der Waals surface area contributed by atoms with Crippen LogP contribution in [-0.2, 0) is 6.42 Å². The number of rotatable bonds is 1. The first-order chi connectivity index (χ1) is 5.79. The molecule has 0 saturated heterocycles. The minimum Gasteiger partial charge on any atom is -0.398 e. The highest BCUT2D eigenvalue weighted by Gasteiger charge is 1.96. The summed E-state index contributed by atoms with van der Waals surface area (Å²) >= 11 is 0. The second-order valence-electron chi connectivity index (χ2n) is 3.00. The molecule has 0 aliphatic rings. The van der Waals surface area contributed by atoms with Crippen LogP contribution < -0.4 is 5.73 Å². The Morgan fingerprint density at radius 2 is 2.17 bits per heavy atom. The smallest absolute Gasteiger partial charge is 0.0483 e. The molecule has 0 atom stereocenters. The van der Waals surface area contributed by atoms with E-state index in [0.29, 0.717) is 0 Å². The highest BCUT2D eigenvalue weighted by atomic mass is 14.9. The normalized spacial score (nSPS) is 10.8. The van der Waals surface area contributed by atoms with Crippen molar-refractivity contribution in [1.29, 1.82) is 0 Å². The Labute approximate surface area is 71.6 Å². The van der Waals surface area contributed by atoms with Crippen molar-refractivity contribution >= 4 is 11.2 Å². The second kappa shape index (κ2) is 2.55. The van der Waals surface area contributed by atoms with Gasteiger partial charge >= 0.3 is 0 Å². The van der Waals surface area contributed by atoms with E-state index in [2.05, 4.69) is 23.6 Å². The van der Waals surface area contributed by atoms with Crippen LogP contribution in [0.5, 0.6) is 0 Å². The van der Waals surface area contributed by atoms with E-state index in [1.54, 1.807) is 0 Å². The summed E-state index contributed by atoms with van der Waals surface area (Å²) in [6.07, 6.45) is 5.13. The Kier molecular flexibility index (Phi) is 1.54. The average Bonchev–Trinajstić information content (AvgIpc) is 2.46. The summed E-state index contributed by atoms with van der Waals surface area (Å²) in [6.45, 7) is 2.15. The van der Waals surface area contributed by atoms with Crippen molar-refractivity contribution in [2.75, 3.05) is 5.73 Å². The highest BCUT2D eigenvalue weighted by molar-refractivity contribution is 5.54. The summed E-state index contributed by atoms with van der Waals surface area (Å²) in [5.74, 6) is 0. The summed E-state index contributed by atoms with van der Waals surface area (Å²) in [5, 5.41) is 0. The van der Waals surface area contributed by atoms with Gasteiger partial charge in [-0.2, -0.15) is 0 Å². The van der Waals surface area contributed by atoms with Crippen molar-refractivity contribution in [3.8, 4) is 0 Å². The molecule has 2 nitrogen and oxygen atoms in total. The Bertz CT molecular complexity index is 401. The van der Waals surface area contributed by atoms with Gasteiger partial charge in [-0.05, 0) is 30.2 Å².